The minimum Gasteiger partial charge on any atom is -0.336 e. The lowest BCUT2D eigenvalue weighted by atomic mass is 10.1. The number of nitrogens with zero attached hydrogens (tertiary/aromatic N) is 1. The molecule has 3 rings (SSSR count). The van der Waals surface area contributed by atoms with E-state index in [9.17, 15) is 22.8 Å². The molecule has 0 unspecified atom stereocenters. The third kappa shape index (κ3) is 4.63. The molecular formula is C17H15F3N2O3S2. The number of rotatable bonds is 4. The third-order valence-electron chi connectivity index (χ3n) is 4.08. The summed E-state index contributed by atoms with van der Waals surface area (Å²) in [7, 11) is 0. The van der Waals surface area contributed by atoms with Crippen LogP contribution in [0.2, 0.25) is 0 Å². The van der Waals surface area contributed by atoms with Crippen LogP contribution in [0.15, 0.2) is 35.2 Å². The lowest BCUT2D eigenvalue weighted by Gasteiger charge is -2.26. The van der Waals surface area contributed by atoms with E-state index in [-0.39, 0.29) is 11.7 Å². The molecule has 0 spiro atoms. The summed E-state index contributed by atoms with van der Waals surface area (Å²) in [6.07, 6.45) is -3.83. The van der Waals surface area contributed by atoms with Crippen molar-refractivity contribution in [2.45, 2.75) is 24.0 Å². The van der Waals surface area contributed by atoms with Crippen LogP contribution in [0.5, 0.6) is 0 Å². The maximum absolute atomic E-state index is 12.8. The van der Waals surface area contributed by atoms with Gasteiger partial charge in [0.05, 0.1) is 22.7 Å². The Morgan fingerprint density at radius 2 is 2.07 bits per heavy atom. The van der Waals surface area contributed by atoms with Gasteiger partial charge in [-0.25, -0.2) is 5.48 Å². The van der Waals surface area contributed by atoms with Gasteiger partial charge in [-0.05, 0) is 36.2 Å². The fraction of sp³-hybridized carbons (Fsp3) is 0.294. The molecule has 0 saturated carbocycles. The summed E-state index contributed by atoms with van der Waals surface area (Å²) in [6.45, 7) is 0.826. The zero-order valence-corrected chi connectivity index (χ0v) is 15.5. The van der Waals surface area contributed by atoms with Gasteiger partial charge in [-0.2, -0.15) is 13.2 Å². The van der Waals surface area contributed by atoms with E-state index in [4.69, 9.17) is 5.21 Å². The largest absolute Gasteiger partial charge is 0.416 e. The van der Waals surface area contributed by atoms with E-state index >= 15 is 0 Å². The number of hydrogen-bond acceptors (Lipinski definition) is 5. The molecular weight excluding hydrogens is 401 g/mol. The molecule has 0 atom stereocenters. The minimum absolute atomic E-state index is 0.0337. The van der Waals surface area contributed by atoms with Gasteiger partial charge in [0.15, 0.2) is 0 Å². The molecule has 2 amide bonds. The second-order valence-corrected chi connectivity index (χ2v) is 8.07. The van der Waals surface area contributed by atoms with E-state index in [1.54, 1.807) is 22.5 Å². The number of thioether (sulfide) groups is 1. The first-order valence-electron chi connectivity index (χ1n) is 7.92. The summed E-state index contributed by atoms with van der Waals surface area (Å²) in [4.78, 5) is 27.2. The lowest BCUT2D eigenvalue weighted by Crippen LogP contribution is -2.36. The van der Waals surface area contributed by atoms with Gasteiger partial charge in [-0.15, -0.1) is 23.1 Å². The predicted octanol–water partition coefficient (Wildman–Crippen LogP) is 3.56. The standard InChI is InChI=1S/C17H15F3N2O3S2/c18-17(19,20)11-2-1-3-12(7-11)26-9-15(23)22-5-4-10-6-13(16(24)21-25)27-14(10)8-22/h1-3,6-7,25H,4-5,8-9H2,(H,21,24). The molecule has 2 N–H and O–H groups in total. The van der Waals surface area contributed by atoms with Crippen molar-refractivity contribution in [1.29, 1.82) is 0 Å². The van der Waals surface area contributed by atoms with Crippen molar-refractivity contribution in [3.05, 3.63) is 51.2 Å². The van der Waals surface area contributed by atoms with E-state index in [0.29, 0.717) is 29.3 Å². The van der Waals surface area contributed by atoms with Crippen LogP contribution in [0.3, 0.4) is 0 Å². The lowest BCUT2D eigenvalue weighted by molar-refractivity contribution is -0.137. The molecule has 2 heterocycles. The van der Waals surface area contributed by atoms with Crippen LogP contribution in [-0.2, 0) is 23.9 Å². The molecule has 1 aromatic heterocycles. The first-order chi connectivity index (χ1) is 12.8. The number of benzene rings is 1. The number of hydrogen-bond donors (Lipinski definition) is 2. The second-order valence-electron chi connectivity index (χ2n) is 5.88. The second kappa shape index (κ2) is 7.91. The summed E-state index contributed by atoms with van der Waals surface area (Å²) in [5.41, 5.74) is 1.81. The molecule has 1 aliphatic heterocycles. The number of amides is 2. The Bertz CT molecular complexity index is 867. The fourth-order valence-corrected chi connectivity index (χ4v) is 4.67. The van der Waals surface area contributed by atoms with E-state index in [1.807, 2.05) is 0 Å². The molecule has 1 aliphatic rings. The van der Waals surface area contributed by atoms with E-state index < -0.39 is 17.6 Å². The van der Waals surface area contributed by atoms with Gasteiger partial charge >= 0.3 is 6.18 Å². The maximum atomic E-state index is 12.8. The van der Waals surface area contributed by atoms with Crippen LogP contribution in [0, 0.1) is 0 Å². The Kier molecular flexibility index (Phi) is 5.78. The number of carbonyl (C=O) groups is 2. The molecule has 0 fully saturated rings. The zero-order chi connectivity index (χ0) is 19.6. The van der Waals surface area contributed by atoms with E-state index in [0.717, 1.165) is 34.3 Å². The van der Waals surface area contributed by atoms with Gasteiger partial charge in [0.2, 0.25) is 5.91 Å². The van der Waals surface area contributed by atoms with Crippen molar-refractivity contribution in [3.8, 4) is 0 Å². The number of alkyl halides is 3. The van der Waals surface area contributed by atoms with E-state index in [2.05, 4.69) is 0 Å². The Morgan fingerprint density at radius 3 is 2.78 bits per heavy atom. The average molecular weight is 416 g/mol. The van der Waals surface area contributed by atoms with E-state index in [1.165, 1.54) is 17.4 Å². The summed E-state index contributed by atoms with van der Waals surface area (Å²) >= 11 is 2.27. The molecule has 1 aromatic carbocycles. The fourth-order valence-electron chi connectivity index (χ4n) is 2.70. The molecule has 0 aliphatic carbocycles. The number of carbonyl (C=O) groups excluding carboxylic acids is 2. The van der Waals surface area contributed by atoms with Crippen LogP contribution in [-0.4, -0.2) is 34.2 Å². The molecule has 0 radical (unpaired) electrons. The van der Waals surface area contributed by atoms with Gasteiger partial charge in [-0.1, -0.05) is 6.07 Å². The SMILES string of the molecule is O=C(NO)c1cc2c(s1)CN(C(=O)CSc1cccc(C(F)(F)F)c1)CC2. The van der Waals surface area contributed by atoms with Crippen molar-refractivity contribution in [2.24, 2.45) is 0 Å². The monoisotopic (exact) mass is 416 g/mol. The summed E-state index contributed by atoms with van der Waals surface area (Å²) in [6, 6.07) is 6.59. The number of fused-ring (bicyclic) bond motifs is 1. The molecule has 0 bridgehead atoms. The highest BCUT2D eigenvalue weighted by Crippen LogP contribution is 2.32. The summed E-state index contributed by atoms with van der Waals surface area (Å²) in [5.74, 6) is -0.733. The Labute approximate surface area is 161 Å². The molecule has 5 nitrogen and oxygen atoms in total. The summed E-state index contributed by atoms with van der Waals surface area (Å²) < 4.78 is 38.3. The van der Waals surface area contributed by atoms with Crippen LogP contribution in [0.4, 0.5) is 13.2 Å². The van der Waals surface area contributed by atoms with Crippen molar-refractivity contribution >= 4 is 34.9 Å². The number of halogens is 3. The maximum Gasteiger partial charge on any atom is 0.416 e. The van der Waals surface area contributed by atoms with Gasteiger partial charge in [0, 0.05) is 16.3 Å². The van der Waals surface area contributed by atoms with Gasteiger partial charge in [-0.3, -0.25) is 14.8 Å². The van der Waals surface area contributed by atoms with Crippen molar-refractivity contribution in [1.82, 2.24) is 10.4 Å². The molecule has 10 heteroatoms. The number of hydroxylamine groups is 1. The van der Waals surface area contributed by atoms with Crippen LogP contribution < -0.4 is 5.48 Å². The van der Waals surface area contributed by atoms with Crippen molar-refractivity contribution in [3.63, 3.8) is 0 Å². The number of thiophene rings is 1. The highest BCUT2D eigenvalue weighted by Gasteiger charge is 2.30. The van der Waals surface area contributed by atoms with Gasteiger partial charge in [0.25, 0.3) is 5.91 Å². The Hall–Kier alpha value is -2.04. The smallest absolute Gasteiger partial charge is 0.336 e. The molecule has 2 aromatic rings. The minimum atomic E-state index is -4.42. The molecule has 27 heavy (non-hydrogen) atoms. The molecule has 144 valence electrons. The number of nitrogens with one attached hydrogen (secondary N) is 1. The molecule has 0 saturated heterocycles. The van der Waals surface area contributed by atoms with Crippen molar-refractivity contribution < 1.29 is 28.0 Å². The highest BCUT2D eigenvalue weighted by atomic mass is 32.2. The van der Waals surface area contributed by atoms with Gasteiger partial charge in [0.1, 0.15) is 0 Å². The quantitative estimate of drug-likeness (QED) is 0.454. The third-order valence-corrected chi connectivity index (χ3v) is 6.22. The van der Waals surface area contributed by atoms with Crippen LogP contribution >= 0.6 is 23.1 Å². The predicted molar refractivity (Wildman–Crippen MR) is 94.9 cm³/mol. The Balaban J connectivity index is 1.61. The highest BCUT2D eigenvalue weighted by molar-refractivity contribution is 8.00. The normalized spacial score (nSPS) is 14.0. The zero-order valence-electron chi connectivity index (χ0n) is 13.9. The topological polar surface area (TPSA) is 69.6 Å². The summed E-state index contributed by atoms with van der Waals surface area (Å²) in [5, 5.41) is 8.71. The van der Waals surface area contributed by atoms with Gasteiger partial charge < -0.3 is 4.90 Å². The first-order valence-corrected chi connectivity index (χ1v) is 9.72. The van der Waals surface area contributed by atoms with Crippen LogP contribution in [0.1, 0.15) is 25.7 Å². The first kappa shape index (κ1) is 19.7. The van der Waals surface area contributed by atoms with Crippen LogP contribution in [0.25, 0.3) is 0 Å². The Morgan fingerprint density at radius 1 is 1.30 bits per heavy atom. The van der Waals surface area contributed by atoms with Crippen molar-refractivity contribution in [2.75, 3.05) is 12.3 Å². The average Bonchev–Trinajstić information content (AvgIpc) is 3.08.